The zero-order chi connectivity index (χ0) is 27.0. The van der Waals surface area contributed by atoms with Crippen LogP contribution in [0.15, 0.2) is 42.5 Å². The molecule has 0 fully saturated rings. The molecule has 1 atom stereocenters. The van der Waals surface area contributed by atoms with Crippen molar-refractivity contribution in [2.75, 3.05) is 24.2 Å². The lowest BCUT2D eigenvalue weighted by Gasteiger charge is -2.30. The summed E-state index contributed by atoms with van der Waals surface area (Å²) < 4.78 is 31.4. The SMILES string of the molecule is COc1cccc(N(CCCC(=O)N(Cc2ccc(Cl)c(Cl)c2)[C@@H](C)C(=O)NC(C)C)S(C)(=O)=O)c1. The maximum absolute atomic E-state index is 13.3. The molecule has 0 bridgehead atoms. The normalized spacial score (nSPS) is 12.2. The van der Waals surface area contributed by atoms with Gasteiger partial charge in [-0.1, -0.05) is 35.3 Å². The lowest BCUT2D eigenvalue weighted by molar-refractivity contribution is -0.140. The molecule has 0 saturated heterocycles. The average Bonchev–Trinajstić information content (AvgIpc) is 2.80. The highest BCUT2D eigenvalue weighted by Crippen LogP contribution is 2.25. The first kappa shape index (κ1) is 29.7. The van der Waals surface area contributed by atoms with Crippen LogP contribution in [0.25, 0.3) is 0 Å². The summed E-state index contributed by atoms with van der Waals surface area (Å²) in [6.07, 6.45) is 1.40. The summed E-state index contributed by atoms with van der Waals surface area (Å²) in [4.78, 5) is 27.5. The van der Waals surface area contributed by atoms with Crippen LogP contribution >= 0.6 is 23.2 Å². The molecule has 1 N–H and O–H groups in total. The number of nitrogens with one attached hydrogen (secondary N) is 1. The number of hydrogen-bond donors (Lipinski definition) is 1. The van der Waals surface area contributed by atoms with E-state index in [1.807, 2.05) is 13.8 Å². The number of amides is 2. The quantitative estimate of drug-likeness (QED) is 0.414. The number of benzene rings is 2. The van der Waals surface area contributed by atoms with Gasteiger partial charge in [0.1, 0.15) is 11.8 Å². The van der Waals surface area contributed by atoms with E-state index in [-0.39, 0.29) is 43.8 Å². The predicted molar refractivity (Wildman–Crippen MR) is 144 cm³/mol. The second-order valence-electron chi connectivity index (χ2n) is 8.75. The van der Waals surface area contributed by atoms with Crippen molar-refractivity contribution in [2.24, 2.45) is 0 Å². The van der Waals surface area contributed by atoms with Gasteiger partial charge in [-0.2, -0.15) is 0 Å². The maximum Gasteiger partial charge on any atom is 0.242 e. The minimum Gasteiger partial charge on any atom is -0.497 e. The third-order valence-corrected chi connectivity index (χ3v) is 7.36. The average molecular weight is 559 g/mol. The summed E-state index contributed by atoms with van der Waals surface area (Å²) in [6.45, 7) is 5.58. The van der Waals surface area contributed by atoms with E-state index in [0.29, 0.717) is 21.5 Å². The van der Waals surface area contributed by atoms with Gasteiger partial charge < -0.3 is 15.0 Å². The molecule has 11 heteroatoms. The fraction of sp³-hybridized carbons (Fsp3) is 0.440. The molecule has 0 saturated carbocycles. The largest absolute Gasteiger partial charge is 0.497 e. The maximum atomic E-state index is 13.3. The molecule has 2 aromatic carbocycles. The van der Waals surface area contributed by atoms with Gasteiger partial charge in [0.2, 0.25) is 21.8 Å². The summed E-state index contributed by atoms with van der Waals surface area (Å²) in [5.74, 6) is -0.0471. The van der Waals surface area contributed by atoms with Gasteiger partial charge >= 0.3 is 0 Å². The van der Waals surface area contributed by atoms with E-state index in [4.69, 9.17) is 27.9 Å². The summed E-state index contributed by atoms with van der Waals surface area (Å²) in [5.41, 5.74) is 1.16. The van der Waals surface area contributed by atoms with Crippen LogP contribution in [0, 0.1) is 0 Å². The van der Waals surface area contributed by atoms with Crippen molar-refractivity contribution in [3.05, 3.63) is 58.1 Å². The third-order valence-electron chi connectivity index (χ3n) is 5.43. The first-order valence-corrected chi connectivity index (χ1v) is 14.1. The Labute approximate surface area is 223 Å². The van der Waals surface area contributed by atoms with Crippen LogP contribution in [0.2, 0.25) is 10.0 Å². The minimum absolute atomic E-state index is 0.0383. The molecule has 8 nitrogen and oxygen atoms in total. The molecule has 0 heterocycles. The van der Waals surface area contributed by atoms with Gasteiger partial charge in [0, 0.05) is 31.6 Å². The van der Waals surface area contributed by atoms with Crippen molar-refractivity contribution < 1.29 is 22.7 Å². The number of ether oxygens (including phenoxy) is 1. The summed E-state index contributed by atoms with van der Waals surface area (Å²) in [5, 5.41) is 3.57. The number of nitrogens with zero attached hydrogens (tertiary/aromatic N) is 2. The molecule has 0 radical (unpaired) electrons. The van der Waals surface area contributed by atoms with Crippen LogP contribution in [0.5, 0.6) is 5.75 Å². The molecule has 0 aliphatic heterocycles. The molecule has 36 heavy (non-hydrogen) atoms. The first-order chi connectivity index (χ1) is 16.8. The Bertz CT molecular complexity index is 1170. The highest BCUT2D eigenvalue weighted by molar-refractivity contribution is 7.92. The summed E-state index contributed by atoms with van der Waals surface area (Å²) in [7, 11) is -2.10. The number of anilines is 1. The van der Waals surface area contributed by atoms with Gasteiger partial charge in [-0.25, -0.2) is 8.42 Å². The van der Waals surface area contributed by atoms with Crippen molar-refractivity contribution in [3.63, 3.8) is 0 Å². The highest BCUT2D eigenvalue weighted by atomic mass is 35.5. The Morgan fingerprint density at radius 1 is 1.06 bits per heavy atom. The lowest BCUT2D eigenvalue weighted by atomic mass is 10.1. The topological polar surface area (TPSA) is 96.0 Å². The number of methoxy groups -OCH3 is 1. The van der Waals surface area contributed by atoms with Gasteiger partial charge in [0.25, 0.3) is 0 Å². The molecule has 0 unspecified atom stereocenters. The molecule has 198 valence electrons. The number of rotatable bonds is 12. The second kappa shape index (κ2) is 13.2. The molecule has 0 aromatic heterocycles. The Hall–Kier alpha value is -2.49. The predicted octanol–water partition coefficient (Wildman–Crippen LogP) is 4.49. The number of sulfonamides is 1. The Morgan fingerprint density at radius 3 is 2.33 bits per heavy atom. The van der Waals surface area contributed by atoms with Crippen molar-refractivity contribution in [1.82, 2.24) is 10.2 Å². The number of hydrogen-bond acceptors (Lipinski definition) is 5. The van der Waals surface area contributed by atoms with Crippen molar-refractivity contribution in [1.29, 1.82) is 0 Å². The second-order valence-corrected chi connectivity index (χ2v) is 11.5. The van der Waals surface area contributed by atoms with Gasteiger partial charge in [-0.15, -0.1) is 0 Å². The molecular formula is C25H33Cl2N3O5S. The van der Waals surface area contributed by atoms with Gasteiger partial charge in [-0.3, -0.25) is 13.9 Å². The van der Waals surface area contributed by atoms with Crippen molar-refractivity contribution >= 4 is 50.7 Å². The van der Waals surface area contributed by atoms with Crippen molar-refractivity contribution in [3.8, 4) is 5.75 Å². The lowest BCUT2D eigenvalue weighted by Crippen LogP contribution is -2.49. The Kier molecular flexibility index (Phi) is 10.9. The fourth-order valence-corrected chi connectivity index (χ4v) is 4.87. The van der Waals surface area contributed by atoms with E-state index in [1.54, 1.807) is 49.4 Å². The van der Waals surface area contributed by atoms with Crippen LogP contribution in [0.3, 0.4) is 0 Å². The van der Waals surface area contributed by atoms with Crippen LogP contribution in [-0.4, -0.2) is 57.1 Å². The van der Waals surface area contributed by atoms with E-state index in [0.717, 1.165) is 11.8 Å². The van der Waals surface area contributed by atoms with Crippen LogP contribution in [0.1, 0.15) is 39.2 Å². The van der Waals surface area contributed by atoms with E-state index in [9.17, 15) is 18.0 Å². The number of carbonyl (C=O) groups excluding carboxylic acids is 2. The Morgan fingerprint density at radius 2 is 1.75 bits per heavy atom. The zero-order valence-corrected chi connectivity index (χ0v) is 23.5. The van der Waals surface area contributed by atoms with E-state index >= 15 is 0 Å². The molecule has 0 spiro atoms. The van der Waals surface area contributed by atoms with Crippen molar-refractivity contribution in [2.45, 2.75) is 52.2 Å². The number of halogens is 2. The van der Waals surface area contributed by atoms with Gasteiger partial charge in [0.15, 0.2) is 0 Å². The van der Waals surface area contributed by atoms with Crippen LogP contribution in [-0.2, 0) is 26.2 Å². The van der Waals surface area contributed by atoms with E-state index in [1.165, 1.54) is 16.3 Å². The molecule has 2 amide bonds. The summed E-state index contributed by atoms with van der Waals surface area (Å²) in [6, 6.07) is 10.9. The number of carbonyl (C=O) groups is 2. The van der Waals surface area contributed by atoms with Crippen LogP contribution < -0.4 is 14.4 Å². The summed E-state index contributed by atoms with van der Waals surface area (Å²) >= 11 is 12.2. The Balaban J connectivity index is 2.20. The molecule has 0 aliphatic carbocycles. The minimum atomic E-state index is -3.60. The standard InChI is InChI=1S/C25H33Cl2N3O5S/c1-17(2)28-25(32)18(3)29(16-19-11-12-22(26)23(27)14-19)24(31)10-7-13-30(36(5,33)34)20-8-6-9-21(15-20)35-4/h6,8-9,11-12,14-15,17-18H,7,10,13,16H2,1-5H3,(H,28,32)/t18-/m0/s1. The fourth-order valence-electron chi connectivity index (χ4n) is 3.59. The van der Waals surface area contributed by atoms with Gasteiger partial charge in [-0.05, 0) is 57.0 Å². The monoisotopic (exact) mass is 557 g/mol. The van der Waals surface area contributed by atoms with Gasteiger partial charge in [0.05, 0.1) is 29.1 Å². The smallest absolute Gasteiger partial charge is 0.242 e. The van der Waals surface area contributed by atoms with E-state index in [2.05, 4.69) is 5.32 Å². The molecule has 2 rings (SSSR count). The highest BCUT2D eigenvalue weighted by Gasteiger charge is 2.27. The molecular weight excluding hydrogens is 525 g/mol. The van der Waals surface area contributed by atoms with E-state index < -0.39 is 16.1 Å². The third kappa shape index (κ3) is 8.57. The first-order valence-electron chi connectivity index (χ1n) is 11.5. The molecule has 0 aliphatic rings. The zero-order valence-electron chi connectivity index (χ0n) is 21.1. The van der Waals surface area contributed by atoms with Crippen LogP contribution in [0.4, 0.5) is 5.69 Å². The molecule has 2 aromatic rings.